The van der Waals surface area contributed by atoms with Crippen LogP contribution in [0.3, 0.4) is 0 Å². The average molecular weight is 216 g/mol. The number of isocyanates is 1. The number of rotatable bonds is 4. The van der Waals surface area contributed by atoms with Gasteiger partial charge in [0.1, 0.15) is 5.69 Å². The number of hydrogen-bond donors (Lipinski definition) is 0. The van der Waals surface area contributed by atoms with Gasteiger partial charge in [-0.05, 0) is 6.07 Å². The van der Waals surface area contributed by atoms with E-state index in [4.69, 9.17) is 4.74 Å². The maximum absolute atomic E-state index is 10.3. The lowest BCUT2D eigenvalue weighted by Gasteiger charge is -2.02. The molecule has 16 heavy (non-hydrogen) atoms. The molecule has 0 unspecified atom stereocenters. The van der Waals surface area contributed by atoms with E-state index >= 15 is 0 Å². The molecule has 0 aliphatic rings. The van der Waals surface area contributed by atoms with Gasteiger partial charge in [-0.15, -0.1) is 0 Å². The summed E-state index contributed by atoms with van der Waals surface area (Å²) in [5.74, 6) is 0. The minimum Gasteiger partial charge on any atom is -0.383 e. The van der Waals surface area contributed by atoms with Crippen molar-refractivity contribution in [3.63, 3.8) is 0 Å². The molecule has 4 nitrogen and oxygen atoms in total. The molecular weight excluding hydrogens is 204 g/mol. The van der Waals surface area contributed by atoms with Gasteiger partial charge in [-0.2, -0.15) is 4.99 Å². The highest BCUT2D eigenvalue weighted by Gasteiger charge is 2.06. The van der Waals surface area contributed by atoms with Crippen molar-refractivity contribution in [2.45, 2.75) is 6.54 Å². The molecule has 0 saturated carbocycles. The Morgan fingerprint density at radius 3 is 3.00 bits per heavy atom. The largest absolute Gasteiger partial charge is 0.383 e. The molecule has 0 aliphatic carbocycles. The molecule has 2 rings (SSSR count). The van der Waals surface area contributed by atoms with Gasteiger partial charge in [-0.25, -0.2) is 4.79 Å². The van der Waals surface area contributed by atoms with Crippen molar-refractivity contribution >= 4 is 22.7 Å². The number of benzene rings is 1. The van der Waals surface area contributed by atoms with E-state index < -0.39 is 0 Å². The fourth-order valence-electron chi connectivity index (χ4n) is 1.74. The molecule has 1 heterocycles. The van der Waals surface area contributed by atoms with Gasteiger partial charge in [0.15, 0.2) is 0 Å². The maximum Gasteiger partial charge on any atom is 0.240 e. The molecule has 0 atom stereocenters. The topological polar surface area (TPSA) is 43.6 Å². The molecule has 0 radical (unpaired) electrons. The first-order chi connectivity index (χ1) is 7.86. The number of para-hydroxylation sites is 1. The number of ether oxygens (including phenoxy) is 1. The van der Waals surface area contributed by atoms with Crippen molar-refractivity contribution in [1.82, 2.24) is 4.57 Å². The molecule has 2 aromatic rings. The first-order valence-corrected chi connectivity index (χ1v) is 5.01. The number of nitrogens with zero attached hydrogens (tertiary/aromatic N) is 2. The molecule has 0 spiro atoms. The minimum absolute atomic E-state index is 0.628. The second-order valence-corrected chi connectivity index (χ2v) is 3.42. The Bertz CT molecular complexity index is 539. The van der Waals surface area contributed by atoms with Gasteiger partial charge in [0, 0.05) is 25.2 Å². The molecule has 1 aromatic heterocycles. The van der Waals surface area contributed by atoms with E-state index in [9.17, 15) is 4.79 Å². The monoisotopic (exact) mass is 216 g/mol. The van der Waals surface area contributed by atoms with Crippen molar-refractivity contribution < 1.29 is 9.53 Å². The lowest BCUT2D eigenvalue weighted by atomic mass is 10.2. The third-order valence-corrected chi connectivity index (χ3v) is 2.47. The van der Waals surface area contributed by atoms with E-state index in [0.717, 1.165) is 17.4 Å². The van der Waals surface area contributed by atoms with Gasteiger partial charge in [0.25, 0.3) is 0 Å². The SMILES string of the molecule is COCCn1cc(N=C=O)c2ccccc21. The number of fused-ring (bicyclic) bond motifs is 1. The van der Waals surface area contributed by atoms with Crippen molar-refractivity contribution in [3.05, 3.63) is 30.5 Å². The van der Waals surface area contributed by atoms with E-state index in [0.29, 0.717) is 12.3 Å². The minimum atomic E-state index is 0.628. The predicted molar refractivity (Wildman–Crippen MR) is 61.6 cm³/mol. The first-order valence-electron chi connectivity index (χ1n) is 5.01. The zero-order valence-electron chi connectivity index (χ0n) is 9.01. The third-order valence-electron chi connectivity index (χ3n) is 2.47. The van der Waals surface area contributed by atoms with E-state index in [1.807, 2.05) is 35.0 Å². The van der Waals surface area contributed by atoms with E-state index in [1.54, 1.807) is 13.2 Å². The van der Waals surface area contributed by atoms with Crippen LogP contribution in [0, 0.1) is 0 Å². The molecule has 1 aromatic carbocycles. The van der Waals surface area contributed by atoms with Crippen LogP contribution in [0.1, 0.15) is 0 Å². The Balaban J connectivity index is 2.52. The Morgan fingerprint density at radius 2 is 2.25 bits per heavy atom. The van der Waals surface area contributed by atoms with Gasteiger partial charge in [0.2, 0.25) is 6.08 Å². The van der Waals surface area contributed by atoms with Gasteiger partial charge >= 0.3 is 0 Å². The van der Waals surface area contributed by atoms with Crippen LogP contribution in [0.4, 0.5) is 5.69 Å². The maximum atomic E-state index is 10.3. The van der Waals surface area contributed by atoms with Crippen LogP contribution in [0.2, 0.25) is 0 Å². The smallest absolute Gasteiger partial charge is 0.240 e. The summed E-state index contributed by atoms with van der Waals surface area (Å²) in [6, 6.07) is 7.82. The fourth-order valence-corrected chi connectivity index (χ4v) is 1.74. The van der Waals surface area contributed by atoms with Crippen LogP contribution in [-0.2, 0) is 16.1 Å². The summed E-state index contributed by atoms with van der Waals surface area (Å²) in [7, 11) is 1.66. The lowest BCUT2D eigenvalue weighted by Crippen LogP contribution is -2.02. The summed E-state index contributed by atoms with van der Waals surface area (Å²) in [6.45, 7) is 1.37. The van der Waals surface area contributed by atoms with Crippen LogP contribution < -0.4 is 0 Å². The zero-order valence-corrected chi connectivity index (χ0v) is 9.01. The zero-order chi connectivity index (χ0) is 11.4. The lowest BCUT2D eigenvalue weighted by molar-refractivity contribution is 0.188. The summed E-state index contributed by atoms with van der Waals surface area (Å²) in [5.41, 5.74) is 1.70. The molecular formula is C12H12N2O2. The Morgan fingerprint density at radius 1 is 1.44 bits per heavy atom. The van der Waals surface area contributed by atoms with Crippen molar-refractivity contribution in [2.24, 2.45) is 4.99 Å². The molecule has 0 saturated heterocycles. The average Bonchev–Trinajstić information content (AvgIpc) is 2.66. The van der Waals surface area contributed by atoms with Crippen LogP contribution in [0.25, 0.3) is 10.9 Å². The van der Waals surface area contributed by atoms with Crippen LogP contribution in [0.5, 0.6) is 0 Å². The van der Waals surface area contributed by atoms with E-state index in [-0.39, 0.29) is 0 Å². The predicted octanol–water partition coefficient (Wildman–Crippen LogP) is 2.25. The second kappa shape index (κ2) is 4.75. The van der Waals surface area contributed by atoms with Gasteiger partial charge in [0.05, 0.1) is 12.1 Å². The number of hydrogen-bond acceptors (Lipinski definition) is 3. The number of aliphatic imine (C=N–C) groups is 1. The molecule has 0 N–H and O–H groups in total. The second-order valence-electron chi connectivity index (χ2n) is 3.42. The van der Waals surface area contributed by atoms with Crippen molar-refractivity contribution in [3.8, 4) is 0 Å². The summed E-state index contributed by atoms with van der Waals surface area (Å²) in [6.07, 6.45) is 3.42. The fraction of sp³-hybridized carbons (Fsp3) is 0.250. The Labute approximate surface area is 93.2 Å². The van der Waals surface area contributed by atoms with Gasteiger partial charge in [-0.3, -0.25) is 0 Å². The summed E-state index contributed by atoms with van der Waals surface area (Å²) in [4.78, 5) is 14.0. The molecule has 82 valence electrons. The number of methoxy groups -OCH3 is 1. The summed E-state index contributed by atoms with van der Waals surface area (Å²) in [5, 5.41) is 0.960. The Hall–Kier alpha value is -1.90. The molecule has 0 aliphatic heterocycles. The molecule has 0 fully saturated rings. The van der Waals surface area contributed by atoms with Gasteiger partial charge < -0.3 is 9.30 Å². The molecule has 0 amide bonds. The Kier molecular flexibility index (Phi) is 3.15. The standard InChI is InChI=1S/C12H12N2O2/c1-16-7-6-14-8-11(13-9-15)10-4-2-3-5-12(10)14/h2-5,8H,6-7H2,1H3. The molecule has 0 bridgehead atoms. The van der Waals surface area contributed by atoms with Crippen LogP contribution >= 0.6 is 0 Å². The van der Waals surface area contributed by atoms with Crippen molar-refractivity contribution in [1.29, 1.82) is 0 Å². The molecule has 4 heteroatoms. The number of aromatic nitrogens is 1. The highest BCUT2D eigenvalue weighted by molar-refractivity contribution is 5.92. The number of carbonyl (C=O) groups excluding carboxylic acids is 1. The normalized spacial score (nSPS) is 10.3. The van der Waals surface area contributed by atoms with Gasteiger partial charge in [-0.1, -0.05) is 18.2 Å². The van der Waals surface area contributed by atoms with E-state index in [2.05, 4.69) is 4.99 Å². The summed E-state index contributed by atoms with van der Waals surface area (Å²) >= 11 is 0. The quantitative estimate of drug-likeness (QED) is 0.581. The first kappa shape index (κ1) is 10.6. The highest BCUT2D eigenvalue weighted by atomic mass is 16.5. The van der Waals surface area contributed by atoms with Crippen molar-refractivity contribution in [2.75, 3.05) is 13.7 Å². The van der Waals surface area contributed by atoms with Crippen LogP contribution in [0.15, 0.2) is 35.5 Å². The summed E-state index contributed by atoms with van der Waals surface area (Å²) < 4.78 is 7.06. The van der Waals surface area contributed by atoms with Crippen LogP contribution in [-0.4, -0.2) is 24.4 Å². The highest BCUT2D eigenvalue weighted by Crippen LogP contribution is 2.27. The third kappa shape index (κ3) is 1.89. The van der Waals surface area contributed by atoms with E-state index in [1.165, 1.54) is 0 Å².